The quantitative estimate of drug-likeness (QED) is 0.525. The Morgan fingerprint density at radius 1 is 1.64 bits per heavy atom. The molecule has 1 aliphatic heterocycles. The lowest BCUT2D eigenvalue weighted by atomic mass is 10.3. The minimum absolute atomic E-state index is 0.0231. The Balaban J connectivity index is 2.14. The third-order valence-corrected chi connectivity index (χ3v) is 2.83. The van der Waals surface area contributed by atoms with Gasteiger partial charge in [0.25, 0.3) is 0 Å². The number of hydrogen-bond acceptors (Lipinski definition) is 3. The molecule has 0 N–H and O–H groups in total. The Morgan fingerprint density at radius 2 is 2.45 bits per heavy atom. The van der Waals surface area contributed by atoms with Crippen molar-refractivity contribution in [2.75, 3.05) is 0 Å². The predicted molar refractivity (Wildman–Crippen MR) is 43.0 cm³/mol. The molecule has 1 aromatic heterocycles. The van der Waals surface area contributed by atoms with Gasteiger partial charge in [-0.2, -0.15) is 0 Å². The summed E-state index contributed by atoms with van der Waals surface area (Å²) in [5.41, 5.74) is 0. The van der Waals surface area contributed by atoms with Gasteiger partial charge in [-0.25, -0.2) is 0 Å². The van der Waals surface area contributed by atoms with E-state index in [1.54, 1.807) is 0 Å². The van der Waals surface area contributed by atoms with Crippen molar-refractivity contribution in [3.8, 4) is 0 Å². The van der Waals surface area contributed by atoms with Crippen LogP contribution in [0.15, 0.2) is 12.1 Å². The molecule has 1 fully saturated rings. The Hall–Kier alpha value is -0.380. The molecule has 11 heavy (non-hydrogen) atoms. The van der Waals surface area contributed by atoms with Gasteiger partial charge in [0.15, 0.2) is 6.29 Å². The zero-order valence-electron chi connectivity index (χ0n) is 5.49. The summed E-state index contributed by atoms with van der Waals surface area (Å²) in [6, 6.07) is 3.70. The molecule has 0 bridgehead atoms. The fraction of sp³-hybridized carbons (Fsp3) is 0.286. The molecule has 2 heterocycles. The summed E-state index contributed by atoms with van der Waals surface area (Å²) >= 11 is 7.16. The summed E-state index contributed by atoms with van der Waals surface area (Å²) in [7, 11) is 0. The Morgan fingerprint density at radius 3 is 2.91 bits per heavy atom. The van der Waals surface area contributed by atoms with Gasteiger partial charge in [-0.15, -0.1) is 11.3 Å². The smallest absolute Gasteiger partial charge is 0.151 e. The zero-order valence-corrected chi connectivity index (χ0v) is 7.06. The number of hydrogen-bond donors (Lipinski definition) is 0. The van der Waals surface area contributed by atoms with Gasteiger partial charge in [-0.05, 0) is 12.1 Å². The fourth-order valence-electron chi connectivity index (χ4n) is 0.938. The van der Waals surface area contributed by atoms with E-state index < -0.39 is 0 Å². The van der Waals surface area contributed by atoms with Gasteiger partial charge < -0.3 is 9.53 Å². The van der Waals surface area contributed by atoms with Gasteiger partial charge in [0.05, 0.1) is 4.34 Å². The van der Waals surface area contributed by atoms with Crippen LogP contribution in [0.5, 0.6) is 0 Å². The maximum atomic E-state index is 10.2. The van der Waals surface area contributed by atoms with Crippen LogP contribution in [-0.4, -0.2) is 12.4 Å². The van der Waals surface area contributed by atoms with E-state index in [0.717, 1.165) is 15.5 Å². The van der Waals surface area contributed by atoms with Gasteiger partial charge in [0.2, 0.25) is 0 Å². The molecular weight excluding hydrogens is 184 g/mol. The molecule has 0 saturated carbocycles. The van der Waals surface area contributed by atoms with Crippen LogP contribution >= 0.6 is 22.9 Å². The van der Waals surface area contributed by atoms with Crippen molar-refractivity contribution in [1.82, 2.24) is 0 Å². The van der Waals surface area contributed by atoms with E-state index in [0.29, 0.717) is 0 Å². The topological polar surface area (TPSA) is 29.6 Å². The summed E-state index contributed by atoms with van der Waals surface area (Å²) in [5.74, 6) is 0. The first-order valence-electron chi connectivity index (χ1n) is 3.17. The van der Waals surface area contributed by atoms with Crippen LogP contribution in [0.2, 0.25) is 4.34 Å². The van der Waals surface area contributed by atoms with Gasteiger partial charge in [0.1, 0.15) is 12.2 Å². The molecule has 2 rings (SSSR count). The Kier molecular flexibility index (Phi) is 1.71. The summed E-state index contributed by atoms with van der Waals surface area (Å²) < 4.78 is 5.79. The van der Waals surface area contributed by atoms with Crippen molar-refractivity contribution in [2.24, 2.45) is 0 Å². The molecule has 0 aliphatic carbocycles. The average Bonchev–Trinajstić information content (AvgIpc) is 2.68. The van der Waals surface area contributed by atoms with E-state index in [4.69, 9.17) is 16.3 Å². The molecule has 1 saturated heterocycles. The minimum Gasteiger partial charge on any atom is -0.356 e. The summed E-state index contributed by atoms with van der Waals surface area (Å²) in [4.78, 5) is 11.2. The largest absolute Gasteiger partial charge is 0.356 e. The highest BCUT2D eigenvalue weighted by Gasteiger charge is 2.40. The van der Waals surface area contributed by atoms with Crippen molar-refractivity contribution < 1.29 is 9.53 Å². The van der Waals surface area contributed by atoms with Gasteiger partial charge in [0, 0.05) is 4.88 Å². The molecule has 0 spiro atoms. The van der Waals surface area contributed by atoms with Crippen LogP contribution in [-0.2, 0) is 9.53 Å². The lowest BCUT2D eigenvalue weighted by Gasteiger charge is -1.81. The number of thiophene rings is 1. The Bertz CT molecular complexity index is 284. The maximum Gasteiger partial charge on any atom is 0.151 e. The molecule has 0 amide bonds. The van der Waals surface area contributed by atoms with Crippen LogP contribution < -0.4 is 0 Å². The van der Waals surface area contributed by atoms with Crippen LogP contribution in [0.1, 0.15) is 11.0 Å². The molecule has 58 valence electrons. The van der Waals surface area contributed by atoms with E-state index in [1.807, 2.05) is 12.1 Å². The molecule has 2 atom stereocenters. The van der Waals surface area contributed by atoms with Crippen LogP contribution in [0.4, 0.5) is 0 Å². The van der Waals surface area contributed by atoms with Crippen molar-refractivity contribution in [2.45, 2.75) is 12.2 Å². The highest BCUT2D eigenvalue weighted by Crippen LogP contribution is 2.41. The van der Waals surface area contributed by atoms with Crippen molar-refractivity contribution in [1.29, 1.82) is 0 Å². The van der Waals surface area contributed by atoms with E-state index in [9.17, 15) is 4.79 Å². The molecule has 2 nitrogen and oxygen atoms in total. The number of halogens is 1. The number of carbonyl (C=O) groups excluding carboxylic acids is 1. The molecule has 0 aromatic carbocycles. The summed E-state index contributed by atoms with van der Waals surface area (Å²) in [6.07, 6.45) is 0.563. The third-order valence-electron chi connectivity index (χ3n) is 1.53. The standard InChI is InChI=1S/C7H5ClO2S/c8-6-2-1-5(11-6)7-4(3-9)10-7/h1-4,7H. The third kappa shape index (κ3) is 1.31. The number of aldehydes is 1. The second-order valence-corrected chi connectivity index (χ2v) is 4.05. The van der Waals surface area contributed by atoms with Crippen molar-refractivity contribution >= 4 is 29.2 Å². The van der Waals surface area contributed by atoms with E-state index in [2.05, 4.69) is 0 Å². The number of rotatable bonds is 2. The van der Waals surface area contributed by atoms with Gasteiger partial charge in [-0.1, -0.05) is 11.6 Å². The first kappa shape index (κ1) is 7.28. The number of epoxide rings is 1. The first-order valence-corrected chi connectivity index (χ1v) is 4.36. The summed E-state index contributed by atoms with van der Waals surface area (Å²) in [5, 5.41) is 0. The molecule has 2 unspecified atom stereocenters. The minimum atomic E-state index is -0.232. The Labute approximate surface area is 72.7 Å². The molecular formula is C7H5ClO2S. The van der Waals surface area contributed by atoms with E-state index in [-0.39, 0.29) is 12.2 Å². The van der Waals surface area contributed by atoms with E-state index in [1.165, 1.54) is 11.3 Å². The second-order valence-electron chi connectivity index (χ2n) is 2.30. The van der Waals surface area contributed by atoms with E-state index >= 15 is 0 Å². The second kappa shape index (κ2) is 2.59. The van der Waals surface area contributed by atoms with Crippen LogP contribution in [0.3, 0.4) is 0 Å². The van der Waals surface area contributed by atoms with Gasteiger partial charge in [-0.3, -0.25) is 0 Å². The highest BCUT2D eigenvalue weighted by molar-refractivity contribution is 7.16. The lowest BCUT2D eigenvalue weighted by Crippen LogP contribution is -1.85. The zero-order chi connectivity index (χ0) is 7.84. The number of ether oxygens (including phenoxy) is 1. The van der Waals surface area contributed by atoms with Crippen LogP contribution in [0, 0.1) is 0 Å². The predicted octanol–water partition coefficient (Wildman–Crippen LogP) is 2.04. The molecule has 4 heteroatoms. The average molecular weight is 189 g/mol. The fourth-order valence-corrected chi connectivity index (χ4v) is 2.07. The van der Waals surface area contributed by atoms with Crippen LogP contribution in [0.25, 0.3) is 0 Å². The highest BCUT2D eigenvalue weighted by atomic mass is 35.5. The lowest BCUT2D eigenvalue weighted by molar-refractivity contribution is -0.108. The van der Waals surface area contributed by atoms with Crippen molar-refractivity contribution in [3.05, 3.63) is 21.3 Å². The molecule has 0 radical (unpaired) electrons. The molecule has 1 aromatic rings. The maximum absolute atomic E-state index is 10.2. The first-order chi connectivity index (χ1) is 5.31. The normalized spacial score (nSPS) is 28.5. The van der Waals surface area contributed by atoms with Gasteiger partial charge >= 0.3 is 0 Å². The molecule has 1 aliphatic rings. The number of carbonyl (C=O) groups is 1. The monoisotopic (exact) mass is 188 g/mol. The SMILES string of the molecule is O=CC1OC1c1ccc(Cl)s1. The summed E-state index contributed by atoms with van der Waals surface area (Å²) in [6.45, 7) is 0. The van der Waals surface area contributed by atoms with Crippen molar-refractivity contribution in [3.63, 3.8) is 0 Å².